The quantitative estimate of drug-likeness (QED) is 0.578. The lowest BCUT2D eigenvalue weighted by Gasteiger charge is -2.07. The number of carbonyl (C=O) groups excluding carboxylic acids is 1. The first-order valence-electron chi connectivity index (χ1n) is 6.00. The van der Waals surface area contributed by atoms with Gasteiger partial charge in [-0.25, -0.2) is 13.1 Å². The molecule has 8 heteroatoms. The summed E-state index contributed by atoms with van der Waals surface area (Å²) in [5, 5.41) is 11.8. The first kappa shape index (κ1) is 16.4. The summed E-state index contributed by atoms with van der Waals surface area (Å²) in [4.78, 5) is 11.3. The van der Waals surface area contributed by atoms with Crippen LogP contribution in [0.1, 0.15) is 6.42 Å². The second-order valence-electron chi connectivity index (χ2n) is 3.99. The summed E-state index contributed by atoms with van der Waals surface area (Å²) < 4.78 is 30.8. The van der Waals surface area contributed by atoms with Gasteiger partial charge in [0.05, 0.1) is 11.5 Å². The number of amides is 1. The van der Waals surface area contributed by atoms with Crippen LogP contribution in [0.4, 0.5) is 0 Å². The van der Waals surface area contributed by atoms with Crippen molar-refractivity contribution in [3.8, 4) is 5.75 Å². The summed E-state index contributed by atoms with van der Waals surface area (Å²) in [6.07, 6.45) is 0.0295. The topological polar surface area (TPSA) is 105 Å². The molecule has 3 N–H and O–H groups in total. The second-order valence-corrected chi connectivity index (χ2v) is 5.75. The Kier molecular flexibility index (Phi) is 6.43. The normalized spacial score (nSPS) is 11.2. The molecule has 0 saturated heterocycles. The number of sulfonamides is 1. The molecule has 1 rings (SSSR count). The van der Waals surface area contributed by atoms with Crippen molar-refractivity contribution in [1.82, 2.24) is 10.0 Å². The van der Waals surface area contributed by atoms with E-state index in [0.29, 0.717) is 13.2 Å². The van der Waals surface area contributed by atoms with E-state index in [1.807, 2.05) is 0 Å². The zero-order valence-electron chi connectivity index (χ0n) is 11.1. The van der Waals surface area contributed by atoms with Gasteiger partial charge in [0.25, 0.3) is 0 Å². The highest BCUT2D eigenvalue weighted by Crippen LogP contribution is 2.15. The van der Waals surface area contributed by atoms with Gasteiger partial charge in [-0.3, -0.25) is 4.79 Å². The van der Waals surface area contributed by atoms with E-state index in [1.54, 1.807) is 0 Å². The molecule has 1 aromatic rings. The lowest BCUT2D eigenvalue weighted by Crippen LogP contribution is -2.32. The highest BCUT2D eigenvalue weighted by molar-refractivity contribution is 7.89. The molecule has 112 valence electrons. The molecule has 0 aliphatic carbocycles. The monoisotopic (exact) mass is 302 g/mol. The van der Waals surface area contributed by atoms with Gasteiger partial charge >= 0.3 is 0 Å². The molecule has 20 heavy (non-hydrogen) atoms. The molecular weight excluding hydrogens is 284 g/mol. The Morgan fingerprint density at radius 2 is 2.10 bits per heavy atom. The number of hydrogen-bond donors (Lipinski definition) is 3. The van der Waals surface area contributed by atoms with Gasteiger partial charge in [0.15, 0.2) is 0 Å². The Bertz CT molecular complexity index is 545. The molecule has 0 aromatic heterocycles. The number of phenols is 1. The van der Waals surface area contributed by atoms with Gasteiger partial charge in [-0.1, -0.05) is 6.07 Å². The smallest absolute Gasteiger partial charge is 0.240 e. The molecule has 1 amide bonds. The maximum absolute atomic E-state index is 11.9. The van der Waals surface area contributed by atoms with Crippen LogP contribution in [-0.4, -0.2) is 46.2 Å². The van der Waals surface area contributed by atoms with Gasteiger partial charge in [-0.05, 0) is 18.2 Å². The number of rotatable bonds is 8. The third-order valence-electron chi connectivity index (χ3n) is 2.40. The fourth-order valence-electron chi connectivity index (χ4n) is 1.41. The lowest BCUT2D eigenvalue weighted by atomic mass is 10.3. The second kappa shape index (κ2) is 7.83. The SMILES string of the molecule is COCCNC(=O)CCNS(=O)(=O)c1cccc(O)c1. The number of aromatic hydroxyl groups is 1. The van der Waals surface area contributed by atoms with Crippen molar-refractivity contribution in [2.45, 2.75) is 11.3 Å². The van der Waals surface area contributed by atoms with Crippen LogP contribution in [0, 0.1) is 0 Å². The molecule has 7 nitrogen and oxygen atoms in total. The van der Waals surface area contributed by atoms with E-state index >= 15 is 0 Å². The standard InChI is InChI=1S/C12H18N2O5S/c1-19-8-7-13-12(16)5-6-14-20(17,18)11-4-2-3-10(15)9-11/h2-4,9,14-15H,5-8H2,1H3,(H,13,16). The predicted molar refractivity (Wildman–Crippen MR) is 72.8 cm³/mol. The number of phenolic OH excluding ortho intramolecular Hbond substituents is 1. The predicted octanol–water partition coefficient (Wildman–Crippen LogP) is -0.177. The average molecular weight is 302 g/mol. The molecule has 0 heterocycles. The maximum Gasteiger partial charge on any atom is 0.240 e. The molecule has 0 bridgehead atoms. The van der Waals surface area contributed by atoms with E-state index in [2.05, 4.69) is 10.0 Å². The summed E-state index contributed by atoms with van der Waals surface area (Å²) in [7, 11) is -2.19. The molecule has 0 atom stereocenters. The minimum absolute atomic E-state index is 0.0171. The van der Waals surface area contributed by atoms with Crippen LogP contribution in [-0.2, 0) is 19.6 Å². The third kappa shape index (κ3) is 5.55. The number of methoxy groups -OCH3 is 1. The van der Waals surface area contributed by atoms with Crippen LogP contribution in [0.25, 0.3) is 0 Å². The van der Waals surface area contributed by atoms with Gasteiger partial charge in [0, 0.05) is 26.6 Å². The average Bonchev–Trinajstić information content (AvgIpc) is 2.39. The summed E-state index contributed by atoms with van der Waals surface area (Å²) in [6.45, 7) is 0.770. The highest BCUT2D eigenvalue weighted by Gasteiger charge is 2.14. The van der Waals surface area contributed by atoms with Gasteiger partial charge in [0.1, 0.15) is 5.75 Å². The van der Waals surface area contributed by atoms with E-state index in [9.17, 15) is 18.3 Å². The zero-order valence-corrected chi connectivity index (χ0v) is 11.9. The fourth-order valence-corrected chi connectivity index (χ4v) is 2.48. The Morgan fingerprint density at radius 3 is 2.75 bits per heavy atom. The van der Waals surface area contributed by atoms with Crippen molar-refractivity contribution in [2.24, 2.45) is 0 Å². The number of carbonyl (C=O) groups is 1. The van der Waals surface area contributed by atoms with Crippen molar-refractivity contribution in [1.29, 1.82) is 0 Å². The summed E-state index contributed by atoms with van der Waals surface area (Å²) in [6, 6.07) is 5.31. The van der Waals surface area contributed by atoms with E-state index in [0.717, 1.165) is 6.07 Å². The van der Waals surface area contributed by atoms with Gasteiger partial charge < -0.3 is 15.2 Å². The van der Waals surface area contributed by atoms with Crippen molar-refractivity contribution in [3.05, 3.63) is 24.3 Å². The summed E-state index contributed by atoms with van der Waals surface area (Å²) in [5.74, 6) is -0.397. The zero-order chi connectivity index (χ0) is 15.0. The molecule has 0 fully saturated rings. The molecule has 0 saturated carbocycles. The fraction of sp³-hybridized carbons (Fsp3) is 0.417. The minimum atomic E-state index is -3.72. The Balaban J connectivity index is 2.43. The number of nitrogens with one attached hydrogen (secondary N) is 2. The Morgan fingerprint density at radius 1 is 1.35 bits per heavy atom. The van der Waals surface area contributed by atoms with Crippen LogP contribution in [0.5, 0.6) is 5.75 Å². The van der Waals surface area contributed by atoms with Crippen LogP contribution >= 0.6 is 0 Å². The highest BCUT2D eigenvalue weighted by atomic mass is 32.2. The van der Waals surface area contributed by atoms with E-state index in [1.165, 1.54) is 25.3 Å². The summed E-state index contributed by atoms with van der Waals surface area (Å²) >= 11 is 0. The van der Waals surface area contributed by atoms with Crippen molar-refractivity contribution < 1.29 is 23.1 Å². The minimum Gasteiger partial charge on any atom is -0.508 e. The van der Waals surface area contributed by atoms with Gasteiger partial charge in [0.2, 0.25) is 15.9 Å². The Labute approximate surface area is 118 Å². The van der Waals surface area contributed by atoms with Gasteiger partial charge in [-0.2, -0.15) is 0 Å². The maximum atomic E-state index is 11.9. The first-order valence-corrected chi connectivity index (χ1v) is 7.48. The lowest BCUT2D eigenvalue weighted by molar-refractivity contribution is -0.121. The Hall–Kier alpha value is -1.64. The van der Waals surface area contributed by atoms with Crippen molar-refractivity contribution >= 4 is 15.9 Å². The molecule has 0 unspecified atom stereocenters. The van der Waals surface area contributed by atoms with Crippen LogP contribution in [0.2, 0.25) is 0 Å². The molecule has 0 radical (unpaired) electrons. The first-order chi connectivity index (χ1) is 9.45. The number of hydrogen-bond acceptors (Lipinski definition) is 5. The largest absolute Gasteiger partial charge is 0.508 e. The molecule has 0 aliphatic heterocycles. The van der Waals surface area contributed by atoms with Gasteiger partial charge in [-0.15, -0.1) is 0 Å². The van der Waals surface area contributed by atoms with Crippen molar-refractivity contribution in [2.75, 3.05) is 26.8 Å². The van der Waals surface area contributed by atoms with Crippen LogP contribution < -0.4 is 10.0 Å². The number of benzene rings is 1. The van der Waals surface area contributed by atoms with Crippen molar-refractivity contribution in [3.63, 3.8) is 0 Å². The number of ether oxygens (including phenoxy) is 1. The summed E-state index contributed by atoms with van der Waals surface area (Å²) in [5.41, 5.74) is 0. The van der Waals surface area contributed by atoms with Crippen LogP contribution in [0.3, 0.4) is 0 Å². The molecule has 1 aromatic carbocycles. The molecule has 0 spiro atoms. The van der Waals surface area contributed by atoms with E-state index in [-0.39, 0.29) is 29.5 Å². The van der Waals surface area contributed by atoms with Crippen LogP contribution in [0.15, 0.2) is 29.2 Å². The third-order valence-corrected chi connectivity index (χ3v) is 3.86. The van der Waals surface area contributed by atoms with E-state index in [4.69, 9.17) is 4.74 Å². The van der Waals surface area contributed by atoms with E-state index < -0.39 is 10.0 Å². The molecular formula is C12H18N2O5S. The molecule has 0 aliphatic rings.